The van der Waals surface area contributed by atoms with Crippen LogP contribution in [-0.2, 0) is 16.1 Å². The van der Waals surface area contributed by atoms with Crippen molar-refractivity contribution in [2.24, 2.45) is 5.73 Å². The molecule has 0 bridgehead atoms. The molecular formula is C16H18ClN3O5S. The molecule has 0 fully saturated rings. The third-order valence-electron chi connectivity index (χ3n) is 3.67. The van der Waals surface area contributed by atoms with Gasteiger partial charge in [-0.2, -0.15) is 0 Å². The fourth-order valence-corrected chi connectivity index (χ4v) is 2.98. The van der Waals surface area contributed by atoms with Gasteiger partial charge in [0.1, 0.15) is 35.8 Å². The smallest absolute Gasteiger partial charge is 0.357 e. The van der Waals surface area contributed by atoms with Gasteiger partial charge in [-0.3, -0.25) is 4.79 Å². The number of methoxy groups -OCH3 is 1. The average Bonchev–Trinajstić information content (AvgIpc) is 3.08. The summed E-state index contributed by atoms with van der Waals surface area (Å²) >= 11 is 1.30. The predicted molar refractivity (Wildman–Crippen MR) is 98.4 cm³/mol. The van der Waals surface area contributed by atoms with Gasteiger partial charge in [-0.1, -0.05) is 0 Å². The van der Waals surface area contributed by atoms with Gasteiger partial charge in [0.2, 0.25) is 5.91 Å². The molecule has 1 amide bonds. The third-order valence-corrected chi connectivity index (χ3v) is 4.49. The SMILES string of the molecule is COC(=O)c1csc(COc2ccc3c(c2)N(C)C(=O)[C@@H](N)CO3)n1.Cl. The van der Waals surface area contributed by atoms with E-state index in [1.807, 2.05) is 0 Å². The molecule has 1 aromatic heterocycles. The van der Waals surface area contributed by atoms with Crippen molar-refractivity contribution in [1.29, 1.82) is 0 Å². The van der Waals surface area contributed by atoms with Crippen LogP contribution in [0.25, 0.3) is 0 Å². The van der Waals surface area contributed by atoms with Gasteiger partial charge in [0.25, 0.3) is 0 Å². The zero-order chi connectivity index (χ0) is 18.0. The summed E-state index contributed by atoms with van der Waals surface area (Å²) in [6, 6.07) is 4.48. The molecule has 1 atom stereocenters. The lowest BCUT2D eigenvalue weighted by molar-refractivity contribution is -0.119. The second-order valence-corrected chi connectivity index (χ2v) is 6.29. The standard InChI is InChI=1S/C16H17N3O5S.ClH/c1-19-12-5-9(3-4-13(12)24-6-10(17)15(19)20)23-7-14-18-11(8-25-14)16(21)22-2;/h3-5,8,10H,6-7,17H2,1-2H3;1H/t10-;/m0./s1. The number of amides is 1. The summed E-state index contributed by atoms with van der Waals surface area (Å²) in [5.74, 6) is 0.408. The number of halogens is 1. The predicted octanol–water partition coefficient (Wildman–Crippen LogP) is 1.61. The Balaban J connectivity index is 0.00000243. The van der Waals surface area contributed by atoms with E-state index >= 15 is 0 Å². The first-order valence-corrected chi connectivity index (χ1v) is 8.33. The van der Waals surface area contributed by atoms with Crippen LogP contribution < -0.4 is 20.1 Å². The molecule has 1 aromatic carbocycles. The van der Waals surface area contributed by atoms with E-state index in [0.29, 0.717) is 22.2 Å². The van der Waals surface area contributed by atoms with Gasteiger partial charge < -0.3 is 24.8 Å². The van der Waals surface area contributed by atoms with Crippen LogP contribution in [-0.4, -0.2) is 43.7 Å². The number of likely N-dealkylation sites (N-methyl/N-ethyl adjacent to an activating group) is 1. The lowest BCUT2D eigenvalue weighted by Gasteiger charge is -2.18. The number of rotatable bonds is 4. The van der Waals surface area contributed by atoms with Crippen LogP contribution in [0.1, 0.15) is 15.5 Å². The highest BCUT2D eigenvalue weighted by molar-refractivity contribution is 7.09. The Morgan fingerprint density at radius 2 is 2.27 bits per heavy atom. The summed E-state index contributed by atoms with van der Waals surface area (Å²) < 4.78 is 15.9. The monoisotopic (exact) mass is 399 g/mol. The minimum atomic E-state index is -0.700. The van der Waals surface area contributed by atoms with Crippen molar-refractivity contribution < 1.29 is 23.8 Å². The topological polar surface area (TPSA) is 104 Å². The van der Waals surface area contributed by atoms with Gasteiger partial charge in [-0.05, 0) is 12.1 Å². The molecular weight excluding hydrogens is 382 g/mol. The second kappa shape index (κ2) is 8.35. The van der Waals surface area contributed by atoms with E-state index in [1.54, 1.807) is 30.6 Å². The van der Waals surface area contributed by atoms with Crippen molar-refractivity contribution in [3.8, 4) is 11.5 Å². The maximum absolute atomic E-state index is 12.1. The molecule has 2 heterocycles. The van der Waals surface area contributed by atoms with E-state index in [9.17, 15) is 9.59 Å². The first-order valence-electron chi connectivity index (χ1n) is 7.45. The molecule has 0 radical (unpaired) electrons. The van der Waals surface area contributed by atoms with Crippen molar-refractivity contribution in [2.45, 2.75) is 12.6 Å². The first kappa shape index (κ1) is 20.0. The molecule has 0 saturated heterocycles. The number of nitrogens with zero attached hydrogens (tertiary/aromatic N) is 2. The Kier molecular flexibility index (Phi) is 6.41. The molecule has 0 saturated carbocycles. The molecule has 8 nitrogen and oxygen atoms in total. The minimum absolute atomic E-state index is 0. The first-order chi connectivity index (χ1) is 12.0. The molecule has 0 spiro atoms. The van der Waals surface area contributed by atoms with Crippen molar-refractivity contribution in [3.05, 3.63) is 34.3 Å². The molecule has 2 N–H and O–H groups in total. The molecule has 0 unspecified atom stereocenters. The number of esters is 1. The number of fused-ring (bicyclic) bond motifs is 1. The van der Waals surface area contributed by atoms with Crippen LogP contribution in [0.3, 0.4) is 0 Å². The quantitative estimate of drug-likeness (QED) is 0.779. The summed E-state index contributed by atoms with van der Waals surface area (Å²) in [7, 11) is 2.95. The molecule has 1 aliphatic rings. The fraction of sp³-hybridized carbons (Fsp3) is 0.312. The Bertz CT molecular complexity index is 813. The largest absolute Gasteiger partial charge is 0.489 e. The van der Waals surface area contributed by atoms with Crippen LogP contribution in [0, 0.1) is 0 Å². The number of aromatic nitrogens is 1. The molecule has 1 aliphatic heterocycles. The van der Waals surface area contributed by atoms with Gasteiger partial charge in [-0.25, -0.2) is 9.78 Å². The highest BCUT2D eigenvalue weighted by Gasteiger charge is 2.26. The van der Waals surface area contributed by atoms with Gasteiger partial charge in [0, 0.05) is 18.5 Å². The summed E-state index contributed by atoms with van der Waals surface area (Å²) in [5, 5.41) is 2.25. The molecule has 10 heteroatoms. The number of carbonyl (C=O) groups excluding carboxylic acids is 2. The van der Waals surface area contributed by atoms with E-state index in [2.05, 4.69) is 9.72 Å². The third kappa shape index (κ3) is 4.06. The van der Waals surface area contributed by atoms with Crippen LogP contribution >= 0.6 is 23.7 Å². The van der Waals surface area contributed by atoms with E-state index in [4.69, 9.17) is 15.2 Å². The number of hydrogen-bond donors (Lipinski definition) is 1. The number of benzene rings is 1. The van der Waals surface area contributed by atoms with Crippen molar-refractivity contribution in [3.63, 3.8) is 0 Å². The molecule has 26 heavy (non-hydrogen) atoms. The fourth-order valence-electron chi connectivity index (χ4n) is 2.31. The normalized spacial score (nSPS) is 16.0. The lowest BCUT2D eigenvalue weighted by Crippen LogP contribution is -2.43. The van der Waals surface area contributed by atoms with Crippen LogP contribution in [0.15, 0.2) is 23.6 Å². The number of ether oxygens (including phenoxy) is 3. The lowest BCUT2D eigenvalue weighted by atomic mass is 10.2. The highest BCUT2D eigenvalue weighted by Crippen LogP contribution is 2.34. The van der Waals surface area contributed by atoms with Crippen LogP contribution in [0.2, 0.25) is 0 Å². The number of nitrogens with two attached hydrogens (primary N) is 1. The van der Waals surface area contributed by atoms with Gasteiger partial charge in [0.05, 0.1) is 12.8 Å². The van der Waals surface area contributed by atoms with Gasteiger partial charge in [-0.15, -0.1) is 23.7 Å². The van der Waals surface area contributed by atoms with Crippen LogP contribution in [0.5, 0.6) is 11.5 Å². The zero-order valence-electron chi connectivity index (χ0n) is 14.1. The molecule has 140 valence electrons. The second-order valence-electron chi connectivity index (χ2n) is 5.35. The summed E-state index contributed by atoms with van der Waals surface area (Å²) in [6.45, 7) is 0.324. The van der Waals surface area contributed by atoms with E-state index < -0.39 is 12.0 Å². The molecule has 3 rings (SSSR count). The number of carbonyl (C=O) groups is 2. The summed E-state index contributed by atoms with van der Waals surface area (Å²) in [5.41, 5.74) is 6.61. The number of thiazole rings is 1. The Hall–Kier alpha value is -2.36. The van der Waals surface area contributed by atoms with Gasteiger partial charge in [0.15, 0.2) is 5.69 Å². The highest BCUT2D eigenvalue weighted by atomic mass is 35.5. The number of anilines is 1. The average molecular weight is 400 g/mol. The maximum atomic E-state index is 12.1. The van der Waals surface area contributed by atoms with E-state index in [0.717, 1.165) is 0 Å². The molecule has 2 aromatic rings. The Morgan fingerprint density at radius 1 is 1.50 bits per heavy atom. The Morgan fingerprint density at radius 3 is 3.00 bits per heavy atom. The van der Waals surface area contributed by atoms with E-state index in [1.165, 1.54) is 23.3 Å². The summed E-state index contributed by atoms with van der Waals surface area (Å²) in [6.07, 6.45) is 0. The number of hydrogen-bond acceptors (Lipinski definition) is 8. The maximum Gasteiger partial charge on any atom is 0.357 e. The summed E-state index contributed by atoms with van der Waals surface area (Å²) in [4.78, 5) is 29.1. The van der Waals surface area contributed by atoms with Crippen molar-refractivity contribution in [1.82, 2.24) is 4.98 Å². The minimum Gasteiger partial charge on any atom is -0.489 e. The van der Waals surface area contributed by atoms with E-state index in [-0.39, 0.29) is 37.2 Å². The zero-order valence-corrected chi connectivity index (χ0v) is 15.8. The van der Waals surface area contributed by atoms with Crippen molar-refractivity contribution >= 4 is 41.3 Å². The molecule has 0 aliphatic carbocycles. The Labute approximate surface area is 160 Å². The van der Waals surface area contributed by atoms with Gasteiger partial charge >= 0.3 is 5.97 Å². The van der Waals surface area contributed by atoms with Crippen molar-refractivity contribution in [2.75, 3.05) is 25.7 Å². The van der Waals surface area contributed by atoms with Crippen LogP contribution in [0.4, 0.5) is 5.69 Å².